The first kappa shape index (κ1) is 15.4. The van der Waals surface area contributed by atoms with Crippen LogP contribution in [-0.2, 0) is 0 Å². The number of aryl methyl sites for hydroxylation is 1. The molecule has 0 radical (unpaired) electrons. The first-order valence-corrected chi connectivity index (χ1v) is 6.13. The zero-order valence-corrected chi connectivity index (χ0v) is 11.7. The van der Waals surface area contributed by atoms with Crippen LogP contribution in [0.25, 0.3) is 0 Å². The van der Waals surface area contributed by atoms with Crippen LogP contribution in [0.2, 0.25) is 5.02 Å². The molecule has 10 nitrogen and oxygen atoms in total. The van der Waals surface area contributed by atoms with Crippen molar-refractivity contribution in [3.8, 4) is 0 Å². The Morgan fingerprint density at radius 2 is 2.00 bits per heavy atom. The van der Waals surface area contributed by atoms with E-state index in [1.54, 1.807) is 13.0 Å². The van der Waals surface area contributed by atoms with Crippen LogP contribution in [0.15, 0.2) is 18.2 Å². The number of hydrogen-bond donors (Lipinski definition) is 2. The summed E-state index contributed by atoms with van der Waals surface area (Å²) in [5, 5.41) is 28.8. The van der Waals surface area contributed by atoms with E-state index in [0.29, 0.717) is 5.56 Å². The SMILES string of the molecule is Cc1ccc(NC(=O)c2n[nH]c([N+](=O)[O-])c2Cl)c([N+](=O)[O-])c1. The minimum absolute atomic E-state index is 0.0673. The van der Waals surface area contributed by atoms with Crippen molar-refractivity contribution in [2.75, 3.05) is 5.32 Å². The molecule has 0 saturated heterocycles. The number of aromatic nitrogens is 2. The molecule has 0 spiro atoms. The van der Waals surface area contributed by atoms with Crippen molar-refractivity contribution in [1.29, 1.82) is 0 Å². The topological polar surface area (TPSA) is 144 Å². The third-order valence-electron chi connectivity index (χ3n) is 2.69. The van der Waals surface area contributed by atoms with Crippen molar-refractivity contribution in [2.24, 2.45) is 0 Å². The zero-order chi connectivity index (χ0) is 16.4. The van der Waals surface area contributed by atoms with Crippen LogP contribution < -0.4 is 5.32 Å². The van der Waals surface area contributed by atoms with Gasteiger partial charge in [-0.1, -0.05) is 22.8 Å². The molecule has 2 rings (SSSR count). The van der Waals surface area contributed by atoms with Crippen LogP contribution in [0.3, 0.4) is 0 Å². The van der Waals surface area contributed by atoms with E-state index in [0.717, 1.165) is 0 Å². The first-order chi connectivity index (χ1) is 10.3. The van der Waals surface area contributed by atoms with Crippen LogP contribution in [0.1, 0.15) is 16.1 Å². The highest BCUT2D eigenvalue weighted by molar-refractivity contribution is 6.35. The molecule has 1 amide bonds. The largest absolute Gasteiger partial charge is 0.362 e. The molecule has 0 atom stereocenters. The molecular weight excluding hydrogens is 318 g/mol. The van der Waals surface area contributed by atoms with E-state index in [4.69, 9.17) is 11.6 Å². The molecular formula is C11H8ClN5O5. The second-order valence-electron chi connectivity index (χ2n) is 4.22. The van der Waals surface area contributed by atoms with Gasteiger partial charge in [-0.25, -0.2) is 0 Å². The van der Waals surface area contributed by atoms with Gasteiger partial charge in [0.2, 0.25) is 0 Å². The highest BCUT2D eigenvalue weighted by atomic mass is 35.5. The van der Waals surface area contributed by atoms with Crippen molar-refractivity contribution in [3.05, 3.63) is 54.7 Å². The third-order valence-corrected chi connectivity index (χ3v) is 3.04. The van der Waals surface area contributed by atoms with Crippen LogP contribution in [0.5, 0.6) is 0 Å². The molecule has 0 aliphatic heterocycles. The maximum absolute atomic E-state index is 12.0. The smallest absolute Gasteiger partial charge is 0.358 e. The molecule has 0 unspecified atom stereocenters. The highest BCUT2D eigenvalue weighted by Crippen LogP contribution is 2.28. The average Bonchev–Trinajstić information content (AvgIpc) is 2.82. The number of H-pyrrole nitrogens is 1. The van der Waals surface area contributed by atoms with Crippen molar-refractivity contribution < 1.29 is 14.6 Å². The van der Waals surface area contributed by atoms with E-state index in [1.807, 2.05) is 5.10 Å². The fraction of sp³-hybridized carbons (Fsp3) is 0.0909. The minimum atomic E-state index is -0.902. The molecule has 22 heavy (non-hydrogen) atoms. The number of nitrogens with zero attached hydrogens (tertiary/aromatic N) is 3. The van der Waals surface area contributed by atoms with Crippen molar-refractivity contribution in [3.63, 3.8) is 0 Å². The van der Waals surface area contributed by atoms with Gasteiger partial charge in [0.15, 0.2) is 10.7 Å². The number of rotatable bonds is 4. The molecule has 2 aromatic rings. The molecule has 0 aliphatic carbocycles. The summed E-state index contributed by atoms with van der Waals surface area (Å²) in [6, 6.07) is 4.20. The van der Waals surface area contributed by atoms with Crippen molar-refractivity contribution >= 4 is 34.7 Å². The molecule has 11 heteroatoms. The Hall–Kier alpha value is -3.01. The summed E-state index contributed by atoms with van der Waals surface area (Å²) in [5.74, 6) is -1.54. The average molecular weight is 326 g/mol. The maximum atomic E-state index is 12.0. The van der Waals surface area contributed by atoms with E-state index < -0.39 is 32.3 Å². The Bertz CT molecular complexity index is 787. The summed E-state index contributed by atoms with van der Waals surface area (Å²) in [6.45, 7) is 1.66. The lowest BCUT2D eigenvalue weighted by Gasteiger charge is -2.05. The highest BCUT2D eigenvalue weighted by Gasteiger charge is 2.26. The molecule has 2 N–H and O–H groups in total. The molecule has 0 saturated carbocycles. The van der Waals surface area contributed by atoms with Crippen LogP contribution in [-0.4, -0.2) is 26.0 Å². The van der Waals surface area contributed by atoms with E-state index in [9.17, 15) is 25.0 Å². The molecule has 0 fully saturated rings. The number of halogens is 1. The van der Waals surface area contributed by atoms with Gasteiger partial charge in [-0.15, -0.1) is 5.10 Å². The Kier molecular flexibility index (Phi) is 4.04. The number of hydrogen-bond acceptors (Lipinski definition) is 6. The summed E-state index contributed by atoms with van der Waals surface area (Å²) in [7, 11) is 0. The number of nitro benzene ring substituents is 1. The van der Waals surface area contributed by atoms with Gasteiger partial charge in [-0.2, -0.15) is 0 Å². The van der Waals surface area contributed by atoms with Crippen molar-refractivity contribution in [1.82, 2.24) is 10.2 Å². The maximum Gasteiger partial charge on any atom is 0.362 e. The number of carbonyl (C=O) groups excluding carboxylic acids is 1. The number of amides is 1. The number of benzene rings is 1. The Morgan fingerprint density at radius 1 is 1.32 bits per heavy atom. The van der Waals surface area contributed by atoms with Gasteiger partial charge in [0.05, 0.1) is 4.92 Å². The molecule has 114 valence electrons. The van der Waals surface area contributed by atoms with E-state index >= 15 is 0 Å². The molecule has 0 bridgehead atoms. The van der Waals surface area contributed by atoms with Gasteiger partial charge < -0.3 is 15.4 Å². The van der Waals surface area contributed by atoms with Crippen molar-refractivity contribution in [2.45, 2.75) is 6.92 Å². The Labute approximate surface area is 127 Å². The summed E-state index contributed by atoms with van der Waals surface area (Å²) in [5.41, 5.74) is -0.168. The zero-order valence-electron chi connectivity index (χ0n) is 11.0. The lowest BCUT2D eigenvalue weighted by Crippen LogP contribution is -2.14. The molecule has 0 aliphatic rings. The standard InChI is InChI=1S/C11H8ClN5O5/c1-5-2-3-6(7(4-5)16(19)20)13-11(18)9-8(12)10(15-14-9)17(21)22/h2-4H,1H3,(H,13,18)(H,14,15). The Morgan fingerprint density at radius 3 is 2.55 bits per heavy atom. The molecule has 1 aromatic carbocycles. The van der Waals surface area contributed by atoms with Gasteiger partial charge in [0, 0.05) is 6.07 Å². The van der Waals surface area contributed by atoms with E-state index in [2.05, 4.69) is 10.4 Å². The van der Waals surface area contributed by atoms with Gasteiger partial charge in [-0.3, -0.25) is 14.9 Å². The fourth-order valence-corrected chi connectivity index (χ4v) is 1.91. The number of carbonyl (C=O) groups is 1. The normalized spacial score (nSPS) is 10.3. The predicted octanol–water partition coefficient (Wildman–Crippen LogP) is 2.44. The Balaban J connectivity index is 2.34. The van der Waals surface area contributed by atoms with Gasteiger partial charge in [-0.05, 0) is 23.5 Å². The molecule has 1 heterocycles. The summed E-state index contributed by atoms with van der Waals surface area (Å²) < 4.78 is 0. The second kappa shape index (κ2) is 5.77. The molecule has 1 aromatic heterocycles. The third kappa shape index (κ3) is 2.86. The first-order valence-electron chi connectivity index (χ1n) is 5.76. The summed E-state index contributed by atoms with van der Waals surface area (Å²) in [4.78, 5) is 32.1. The van der Waals surface area contributed by atoms with Crippen LogP contribution >= 0.6 is 11.6 Å². The summed E-state index contributed by atoms with van der Waals surface area (Å²) in [6.07, 6.45) is 0. The van der Waals surface area contributed by atoms with Gasteiger partial charge >= 0.3 is 5.82 Å². The van der Waals surface area contributed by atoms with Crippen LogP contribution in [0, 0.1) is 27.2 Å². The lowest BCUT2D eigenvalue weighted by molar-refractivity contribution is -0.389. The van der Waals surface area contributed by atoms with Gasteiger partial charge in [0.25, 0.3) is 11.6 Å². The fourth-order valence-electron chi connectivity index (χ4n) is 1.67. The monoisotopic (exact) mass is 325 g/mol. The van der Waals surface area contributed by atoms with E-state index in [-0.39, 0.29) is 11.4 Å². The number of nitrogens with one attached hydrogen (secondary N) is 2. The predicted molar refractivity (Wildman–Crippen MR) is 76.0 cm³/mol. The van der Waals surface area contributed by atoms with Crippen LogP contribution in [0.4, 0.5) is 17.2 Å². The number of aromatic amines is 1. The minimum Gasteiger partial charge on any atom is -0.358 e. The van der Waals surface area contributed by atoms with E-state index in [1.165, 1.54) is 12.1 Å². The number of anilines is 1. The summed E-state index contributed by atoms with van der Waals surface area (Å²) >= 11 is 5.68. The quantitative estimate of drug-likeness (QED) is 0.652. The second-order valence-corrected chi connectivity index (χ2v) is 4.60. The van der Waals surface area contributed by atoms with Gasteiger partial charge in [0.1, 0.15) is 5.69 Å². The lowest BCUT2D eigenvalue weighted by atomic mass is 10.2. The number of nitro groups is 2.